The van der Waals surface area contributed by atoms with Crippen molar-refractivity contribution in [1.82, 2.24) is 24.4 Å². The van der Waals surface area contributed by atoms with E-state index in [1.807, 2.05) is 6.07 Å². The Balaban J connectivity index is 1.20. The van der Waals surface area contributed by atoms with Crippen LogP contribution in [0.5, 0.6) is 0 Å². The van der Waals surface area contributed by atoms with E-state index in [0.29, 0.717) is 54.9 Å². The molecule has 0 unspecified atom stereocenters. The Bertz CT molecular complexity index is 1240. The van der Waals surface area contributed by atoms with Crippen molar-refractivity contribution in [1.29, 1.82) is 0 Å². The van der Waals surface area contributed by atoms with Crippen LogP contribution in [0.4, 0.5) is 20.5 Å². The fourth-order valence-corrected chi connectivity index (χ4v) is 5.90. The second-order valence-electron chi connectivity index (χ2n) is 10.6. The van der Waals surface area contributed by atoms with E-state index in [4.69, 9.17) is 19.4 Å². The quantitative estimate of drug-likeness (QED) is 0.426. The molecule has 3 fully saturated rings. The number of likely N-dealkylation sites (tertiary alicyclic amines) is 1. The van der Waals surface area contributed by atoms with Gasteiger partial charge in [0.05, 0.1) is 37.0 Å². The zero-order valence-electron chi connectivity index (χ0n) is 22.3. The largest absolute Gasteiger partial charge is 0.378 e. The van der Waals surface area contributed by atoms with Crippen molar-refractivity contribution in [2.24, 2.45) is 0 Å². The number of morpholine rings is 1. The zero-order valence-corrected chi connectivity index (χ0v) is 22.3. The first-order valence-electron chi connectivity index (χ1n) is 14.2. The lowest BCUT2D eigenvalue weighted by Gasteiger charge is -2.31. The smallest absolute Gasteiger partial charge is 0.296 e. The summed E-state index contributed by atoms with van der Waals surface area (Å²) in [5.74, 6) is 1.21. The van der Waals surface area contributed by atoms with Crippen molar-refractivity contribution in [3.63, 3.8) is 0 Å². The van der Waals surface area contributed by atoms with Gasteiger partial charge in [-0.1, -0.05) is 12.1 Å². The number of imidazole rings is 1. The lowest BCUT2D eigenvalue weighted by atomic mass is 9.93. The summed E-state index contributed by atoms with van der Waals surface area (Å²) in [6.07, 6.45) is 4.01. The average Bonchev–Trinajstić information content (AvgIpc) is 3.63. The van der Waals surface area contributed by atoms with Gasteiger partial charge in [-0.05, 0) is 63.7 Å². The maximum atomic E-state index is 14.1. The highest BCUT2D eigenvalue weighted by molar-refractivity contribution is 5.78. The van der Waals surface area contributed by atoms with Crippen LogP contribution in [0.15, 0.2) is 30.3 Å². The number of ether oxygens (including phenoxy) is 2. The van der Waals surface area contributed by atoms with Crippen molar-refractivity contribution in [3.05, 3.63) is 36.2 Å². The van der Waals surface area contributed by atoms with E-state index >= 15 is 0 Å². The molecule has 6 rings (SSSR count). The Labute approximate surface area is 227 Å². The van der Waals surface area contributed by atoms with Gasteiger partial charge in [0.25, 0.3) is 6.43 Å². The van der Waals surface area contributed by atoms with Gasteiger partial charge in [-0.25, -0.2) is 13.8 Å². The SMILES string of the molecule is FC(F)c1nc2ccccc2n1-c1cc(N2CCOCC2)nc(NC2CCC(OCCN3CCCC3)CC2)n1. The van der Waals surface area contributed by atoms with Crippen LogP contribution >= 0.6 is 0 Å². The summed E-state index contributed by atoms with van der Waals surface area (Å²) >= 11 is 0. The van der Waals surface area contributed by atoms with E-state index in [-0.39, 0.29) is 18.0 Å². The first-order chi connectivity index (χ1) is 19.1. The van der Waals surface area contributed by atoms with Crippen molar-refractivity contribution < 1.29 is 18.3 Å². The van der Waals surface area contributed by atoms with Crippen molar-refractivity contribution in [2.45, 2.75) is 57.1 Å². The molecule has 0 spiro atoms. The summed E-state index contributed by atoms with van der Waals surface area (Å²) in [4.78, 5) is 18.4. The molecule has 1 aromatic carbocycles. The molecule has 2 aliphatic heterocycles. The van der Waals surface area contributed by atoms with E-state index in [9.17, 15) is 8.78 Å². The number of aromatic nitrogens is 4. The van der Waals surface area contributed by atoms with Crippen LogP contribution in [-0.4, -0.2) is 89.1 Å². The van der Waals surface area contributed by atoms with E-state index in [0.717, 1.165) is 38.8 Å². The Morgan fingerprint density at radius 3 is 2.46 bits per heavy atom. The molecule has 1 N–H and O–H groups in total. The topological polar surface area (TPSA) is 80.6 Å². The van der Waals surface area contributed by atoms with E-state index in [1.54, 1.807) is 24.3 Å². The van der Waals surface area contributed by atoms with Crippen LogP contribution in [0, 0.1) is 0 Å². The summed E-state index contributed by atoms with van der Waals surface area (Å²) in [6, 6.07) is 9.14. The van der Waals surface area contributed by atoms with Crippen LogP contribution in [0.25, 0.3) is 16.9 Å². The predicted octanol–water partition coefficient (Wildman–Crippen LogP) is 4.43. The van der Waals surface area contributed by atoms with Gasteiger partial charge in [-0.2, -0.15) is 9.97 Å². The maximum absolute atomic E-state index is 14.1. The lowest BCUT2D eigenvalue weighted by molar-refractivity contribution is 0.0170. The third-order valence-electron chi connectivity index (χ3n) is 8.01. The van der Waals surface area contributed by atoms with E-state index in [1.165, 1.54) is 30.5 Å². The number of nitrogens with zero attached hydrogens (tertiary/aromatic N) is 6. The molecule has 3 aromatic rings. The normalized spacial score (nSPS) is 22.7. The summed E-state index contributed by atoms with van der Waals surface area (Å²) < 4.78 is 41.4. The van der Waals surface area contributed by atoms with Crippen LogP contribution in [-0.2, 0) is 9.47 Å². The molecular weight excluding hydrogens is 504 g/mol. The van der Waals surface area contributed by atoms with E-state index in [2.05, 4.69) is 20.1 Å². The summed E-state index contributed by atoms with van der Waals surface area (Å²) in [5, 5.41) is 3.52. The number of hydrogen-bond acceptors (Lipinski definition) is 8. The second-order valence-corrected chi connectivity index (χ2v) is 10.6. The highest BCUT2D eigenvalue weighted by Gasteiger charge is 2.26. The summed E-state index contributed by atoms with van der Waals surface area (Å²) in [5.41, 5.74) is 1.11. The third kappa shape index (κ3) is 6.15. The standard InChI is InChI=1S/C28H37F2N7O2/c29-26(30)27-32-22-5-1-2-6-23(22)37(27)25-19-24(36-14-16-38-17-15-36)33-28(34-25)31-20-7-9-21(10-8-20)39-18-13-35-11-3-4-12-35/h1-2,5-6,19-21,26H,3-4,7-18H2,(H,31,33,34). The van der Waals surface area contributed by atoms with Gasteiger partial charge in [-0.3, -0.25) is 4.57 Å². The minimum Gasteiger partial charge on any atom is -0.378 e. The highest BCUT2D eigenvalue weighted by atomic mass is 19.3. The molecule has 0 amide bonds. The van der Waals surface area contributed by atoms with Gasteiger partial charge in [-0.15, -0.1) is 0 Å². The highest BCUT2D eigenvalue weighted by Crippen LogP contribution is 2.30. The van der Waals surface area contributed by atoms with Crippen LogP contribution in [0.2, 0.25) is 0 Å². The third-order valence-corrected chi connectivity index (χ3v) is 8.01. The molecule has 0 bridgehead atoms. The lowest BCUT2D eigenvalue weighted by Crippen LogP contribution is -2.37. The van der Waals surface area contributed by atoms with Gasteiger partial charge in [0, 0.05) is 31.7 Å². The Hall–Kier alpha value is -2.89. The Morgan fingerprint density at radius 1 is 0.949 bits per heavy atom. The molecule has 3 aliphatic rings. The number of rotatable bonds is 9. The number of halogens is 2. The average molecular weight is 542 g/mol. The molecule has 4 heterocycles. The maximum Gasteiger partial charge on any atom is 0.296 e. The molecule has 210 valence electrons. The first-order valence-corrected chi connectivity index (χ1v) is 14.2. The van der Waals surface area contributed by atoms with Crippen molar-refractivity contribution in [3.8, 4) is 5.82 Å². The van der Waals surface area contributed by atoms with Crippen LogP contribution < -0.4 is 10.2 Å². The van der Waals surface area contributed by atoms with Crippen molar-refractivity contribution in [2.75, 3.05) is 62.8 Å². The Kier molecular flexibility index (Phi) is 8.17. The molecular formula is C28H37F2N7O2. The zero-order chi connectivity index (χ0) is 26.6. The van der Waals surface area contributed by atoms with E-state index < -0.39 is 6.43 Å². The fraction of sp³-hybridized carbons (Fsp3) is 0.607. The van der Waals surface area contributed by atoms with Gasteiger partial charge in [0.15, 0.2) is 5.82 Å². The minimum absolute atomic E-state index is 0.199. The number of fused-ring (bicyclic) bond motifs is 1. The molecule has 2 saturated heterocycles. The molecule has 0 atom stereocenters. The second kappa shape index (κ2) is 12.1. The number of hydrogen-bond donors (Lipinski definition) is 1. The minimum atomic E-state index is -2.74. The molecule has 11 heteroatoms. The number of para-hydroxylation sites is 2. The number of anilines is 2. The molecule has 39 heavy (non-hydrogen) atoms. The van der Waals surface area contributed by atoms with Gasteiger partial charge >= 0.3 is 0 Å². The predicted molar refractivity (Wildman–Crippen MR) is 146 cm³/mol. The van der Waals surface area contributed by atoms with Crippen molar-refractivity contribution >= 4 is 22.8 Å². The molecule has 0 radical (unpaired) electrons. The monoisotopic (exact) mass is 541 g/mol. The molecule has 1 saturated carbocycles. The van der Waals surface area contributed by atoms with Crippen LogP contribution in [0.3, 0.4) is 0 Å². The fourth-order valence-electron chi connectivity index (χ4n) is 5.90. The Morgan fingerprint density at radius 2 is 1.69 bits per heavy atom. The van der Waals surface area contributed by atoms with Gasteiger partial charge in [0.2, 0.25) is 5.95 Å². The number of benzene rings is 1. The molecule has 9 nitrogen and oxygen atoms in total. The number of nitrogens with one attached hydrogen (secondary N) is 1. The van der Waals surface area contributed by atoms with Crippen LogP contribution in [0.1, 0.15) is 50.8 Å². The molecule has 1 aliphatic carbocycles. The first kappa shape index (κ1) is 26.3. The molecule has 2 aromatic heterocycles. The summed E-state index contributed by atoms with van der Waals surface area (Å²) in [6.45, 7) is 6.76. The van der Waals surface area contributed by atoms with Gasteiger partial charge in [0.1, 0.15) is 11.6 Å². The summed E-state index contributed by atoms with van der Waals surface area (Å²) in [7, 11) is 0. The number of alkyl halides is 2. The van der Waals surface area contributed by atoms with Gasteiger partial charge < -0.3 is 24.6 Å².